The summed E-state index contributed by atoms with van der Waals surface area (Å²) in [6.07, 6.45) is 3.74. The minimum Gasteiger partial charge on any atom is -0.342 e. The van der Waals surface area contributed by atoms with Crippen molar-refractivity contribution in [1.82, 2.24) is 9.99 Å². The summed E-state index contributed by atoms with van der Waals surface area (Å²) < 4.78 is 2.08. The summed E-state index contributed by atoms with van der Waals surface area (Å²) in [7, 11) is 0. The molecule has 0 bridgehead atoms. The van der Waals surface area contributed by atoms with Crippen LogP contribution in [-0.4, -0.2) is 15.9 Å². The van der Waals surface area contributed by atoms with E-state index in [1.54, 1.807) is 6.21 Å². The van der Waals surface area contributed by atoms with Gasteiger partial charge in [-0.2, -0.15) is 5.10 Å². The Kier molecular flexibility index (Phi) is 6.27. The third-order valence-electron chi connectivity index (χ3n) is 4.17. The molecular formula is C21H21ClN4S. The molecule has 0 fully saturated rings. The number of thiocarbonyl (C=S) groups is 1. The number of halogens is 1. The van der Waals surface area contributed by atoms with Crippen molar-refractivity contribution >= 4 is 40.8 Å². The van der Waals surface area contributed by atoms with Crippen LogP contribution in [0.4, 0.5) is 5.69 Å². The fourth-order valence-corrected chi connectivity index (χ4v) is 3.03. The summed E-state index contributed by atoms with van der Waals surface area (Å²) in [6.45, 7) is 4.76. The minimum atomic E-state index is 0.448. The molecule has 2 aromatic carbocycles. The summed E-state index contributed by atoms with van der Waals surface area (Å²) in [5, 5.41) is 8.63. The van der Waals surface area contributed by atoms with Gasteiger partial charge in [0.15, 0.2) is 5.11 Å². The highest BCUT2D eigenvalue weighted by molar-refractivity contribution is 7.80. The molecule has 0 saturated carbocycles. The molecule has 0 spiro atoms. The van der Waals surface area contributed by atoms with Gasteiger partial charge in [-0.3, -0.25) is 5.43 Å². The van der Waals surface area contributed by atoms with Crippen LogP contribution in [0.25, 0.3) is 0 Å². The van der Waals surface area contributed by atoms with Crippen LogP contribution in [0.2, 0.25) is 5.02 Å². The number of hydrazone groups is 1. The maximum absolute atomic E-state index is 6.26. The van der Waals surface area contributed by atoms with Gasteiger partial charge >= 0.3 is 0 Å². The summed E-state index contributed by atoms with van der Waals surface area (Å²) in [4.78, 5) is 0. The predicted octanol–water partition coefficient (Wildman–Crippen LogP) is 5.13. The number of anilines is 1. The number of aryl methyl sites for hydroxylation is 2. The van der Waals surface area contributed by atoms with Crippen molar-refractivity contribution in [2.45, 2.75) is 20.4 Å². The third-order valence-corrected chi connectivity index (χ3v) is 4.73. The molecule has 1 aromatic heterocycles. The van der Waals surface area contributed by atoms with E-state index in [9.17, 15) is 0 Å². The SMILES string of the molecule is Cc1ccc(C)c(NC(=S)NN=Cc2cccn2Cc2ccccc2Cl)c1. The van der Waals surface area contributed by atoms with Gasteiger partial charge < -0.3 is 9.88 Å². The molecule has 0 aliphatic carbocycles. The van der Waals surface area contributed by atoms with E-state index in [-0.39, 0.29) is 0 Å². The highest BCUT2D eigenvalue weighted by Gasteiger charge is 2.04. The standard InChI is InChI=1S/C21H21ClN4S/c1-15-9-10-16(2)20(12-15)24-21(27)25-23-13-18-7-5-11-26(18)14-17-6-3-4-8-19(17)22/h3-13H,14H2,1-2H3,(H2,24,25,27). The Bertz CT molecular complexity index is 978. The van der Waals surface area contributed by atoms with Crippen molar-refractivity contribution in [2.24, 2.45) is 5.10 Å². The normalized spacial score (nSPS) is 10.9. The molecule has 0 saturated heterocycles. The molecule has 4 nitrogen and oxygen atoms in total. The van der Waals surface area contributed by atoms with Gasteiger partial charge in [-0.05, 0) is 67.0 Å². The van der Waals surface area contributed by atoms with Gasteiger partial charge in [0.25, 0.3) is 0 Å². The lowest BCUT2D eigenvalue weighted by molar-refractivity contribution is 0.799. The van der Waals surface area contributed by atoms with Gasteiger partial charge in [0, 0.05) is 23.5 Å². The van der Waals surface area contributed by atoms with Crippen LogP contribution in [0.3, 0.4) is 0 Å². The van der Waals surface area contributed by atoms with Crippen molar-refractivity contribution in [3.8, 4) is 0 Å². The Balaban J connectivity index is 1.62. The average molecular weight is 397 g/mol. The molecule has 138 valence electrons. The fraction of sp³-hybridized carbons (Fsp3) is 0.143. The molecule has 2 N–H and O–H groups in total. The Labute approximate surface area is 169 Å². The van der Waals surface area contributed by atoms with Gasteiger partial charge in [0.2, 0.25) is 0 Å². The zero-order chi connectivity index (χ0) is 19.2. The quantitative estimate of drug-likeness (QED) is 0.357. The zero-order valence-electron chi connectivity index (χ0n) is 15.2. The first-order valence-corrected chi connectivity index (χ1v) is 9.37. The molecule has 3 rings (SSSR count). The Morgan fingerprint density at radius 3 is 2.78 bits per heavy atom. The highest BCUT2D eigenvalue weighted by Crippen LogP contribution is 2.17. The van der Waals surface area contributed by atoms with E-state index >= 15 is 0 Å². The second-order valence-electron chi connectivity index (χ2n) is 6.29. The van der Waals surface area contributed by atoms with Crippen molar-refractivity contribution in [3.05, 3.63) is 88.2 Å². The minimum absolute atomic E-state index is 0.448. The van der Waals surface area contributed by atoms with E-state index < -0.39 is 0 Å². The van der Waals surface area contributed by atoms with E-state index in [0.717, 1.165) is 27.5 Å². The van der Waals surface area contributed by atoms with Crippen LogP contribution < -0.4 is 10.7 Å². The van der Waals surface area contributed by atoms with E-state index in [4.69, 9.17) is 23.8 Å². The summed E-state index contributed by atoms with van der Waals surface area (Å²) >= 11 is 11.6. The molecule has 0 atom stereocenters. The van der Waals surface area contributed by atoms with Crippen LogP contribution >= 0.6 is 23.8 Å². The van der Waals surface area contributed by atoms with Crippen LogP contribution in [0, 0.1) is 13.8 Å². The van der Waals surface area contributed by atoms with Gasteiger partial charge in [-0.25, -0.2) is 0 Å². The highest BCUT2D eigenvalue weighted by atomic mass is 35.5. The Hall–Kier alpha value is -2.63. The molecule has 27 heavy (non-hydrogen) atoms. The van der Waals surface area contributed by atoms with Crippen molar-refractivity contribution < 1.29 is 0 Å². The molecule has 0 amide bonds. The van der Waals surface area contributed by atoms with Crippen molar-refractivity contribution in [2.75, 3.05) is 5.32 Å². The van der Waals surface area contributed by atoms with Gasteiger partial charge in [0.05, 0.1) is 11.9 Å². The molecule has 1 heterocycles. The maximum atomic E-state index is 6.26. The summed E-state index contributed by atoms with van der Waals surface area (Å²) in [6, 6.07) is 18.0. The first kappa shape index (κ1) is 19.1. The lowest BCUT2D eigenvalue weighted by Crippen LogP contribution is -2.24. The first-order chi connectivity index (χ1) is 13.0. The lowest BCUT2D eigenvalue weighted by Gasteiger charge is -2.11. The Morgan fingerprint density at radius 2 is 1.96 bits per heavy atom. The van der Waals surface area contributed by atoms with Crippen LogP contribution in [-0.2, 0) is 6.54 Å². The number of aromatic nitrogens is 1. The van der Waals surface area contributed by atoms with E-state index in [2.05, 4.69) is 38.6 Å². The van der Waals surface area contributed by atoms with Gasteiger partial charge in [-0.15, -0.1) is 0 Å². The van der Waals surface area contributed by atoms with E-state index in [0.29, 0.717) is 11.7 Å². The number of nitrogens with one attached hydrogen (secondary N) is 2. The van der Waals surface area contributed by atoms with Crippen LogP contribution in [0.15, 0.2) is 65.9 Å². The Morgan fingerprint density at radius 1 is 1.15 bits per heavy atom. The monoisotopic (exact) mass is 396 g/mol. The molecule has 3 aromatic rings. The second kappa shape index (κ2) is 8.84. The molecule has 6 heteroatoms. The van der Waals surface area contributed by atoms with E-state index in [1.165, 1.54) is 5.56 Å². The largest absolute Gasteiger partial charge is 0.342 e. The molecule has 0 unspecified atom stereocenters. The first-order valence-electron chi connectivity index (χ1n) is 8.59. The number of rotatable bonds is 5. The number of benzene rings is 2. The smallest absolute Gasteiger partial charge is 0.191 e. The molecule has 0 radical (unpaired) electrons. The summed E-state index contributed by atoms with van der Waals surface area (Å²) in [5.74, 6) is 0. The number of nitrogens with zero attached hydrogens (tertiary/aromatic N) is 2. The number of hydrogen-bond donors (Lipinski definition) is 2. The second-order valence-corrected chi connectivity index (χ2v) is 7.11. The predicted molar refractivity (Wildman–Crippen MR) is 118 cm³/mol. The van der Waals surface area contributed by atoms with Crippen molar-refractivity contribution in [3.63, 3.8) is 0 Å². The average Bonchev–Trinajstić information content (AvgIpc) is 3.07. The van der Waals surface area contributed by atoms with Crippen LogP contribution in [0.1, 0.15) is 22.4 Å². The lowest BCUT2D eigenvalue weighted by atomic mass is 10.1. The molecular weight excluding hydrogens is 376 g/mol. The van der Waals surface area contributed by atoms with Gasteiger partial charge in [-0.1, -0.05) is 41.9 Å². The van der Waals surface area contributed by atoms with Gasteiger partial charge in [0.1, 0.15) is 0 Å². The zero-order valence-corrected chi connectivity index (χ0v) is 16.8. The fourth-order valence-electron chi connectivity index (χ4n) is 2.68. The van der Waals surface area contributed by atoms with Crippen LogP contribution in [0.5, 0.6) is 0 Å². The molecule has 0 aliphatic rings. The van der Waals surface area contributed by atoms with Crippen molar-refractivity contribution in [1.29, 1.82) is 0 Å². The van der Waals surface area contributed by atoms with E-state index in [1.807, 2.05) is 56.4 Å². The molecule has 0 aliphatic heterocycles. The maximum Gasteiger partial charge on any atom is 0.191 e. The topological polar surface area (TPSA) is 41.4 Å². The number of hydrogen-bond acceptors (Lipinski definition) is 2. The third kappa shape index (κ3) is 5.18. The summed E-state index contributed by atoms with van der Waals surface area (Å²) in [5.41, 5.74) is 8.16.